The van der Waals surface area contributed by atoms with Crippen molar-refractivity contribution < 1.29 is 27.3 Å². The van der Waals surface area contributed by atoms with Crippen LogP contribution < -0.4 is 4.72 Å². The fourth-order valence-electron chi connectivity index (χ4n) is 2.28. The van der Waals surface area contributed by atoms with E-state index in [0.29, 0.717) is 0 Å². The van der Waals surface area contributed by atoms with Gasteiger partial charge in [-0.2, -0.15) is 0 Å². The Morgan fingerprint density at radius 2 is 1.92 bits per heavy atom. The number of hydrogen-bond donors (Lipinski definition) is 1. The Labute approximate surface area is 149 Å². The fourth-order valence-corrected chi connectivity index (χ4v) is 3.19. The minimum absolute atomic E-state index is 0.0424. The van der Waals surface area contributed by atoms with Crippen molar-refractivity contribution in [1.29, 1.82) is 0 Å². The van der Waals surface area contributed by atoms with Crippen LogP contribution in [0, 0.1) is 5.82 Å². The first-order valence-electron chi connectivity index (χ1n) is 7.84. The van der Waals surface area contributed by atoms with E-state index < -0.39 is 45.8 Å². The summed E-state index contributed by atoms with van der Waals surface area (Å²) in [6.45, 7) is 5.42. The molecular weight excluding hydrogens is 352 g/mol. The number of rotatable bonds is 8. The number of carbonyl (C=O) groups is 1. The van der Waals surface area contributed by atoms with Crippen LogP contribution >= 0.6 is 0 Å². The van der Waals surface area contributed by atoms with Crippen molar-refractivity contribution in [3.63, 3.8) is 0 Å². The summed E-state index contributed by atoms with van der Waals surface area (Å²) in [5.41, 5.74) is -2.15. The average molecular weight is 377 g/mol. The van der Waals surface area contributed by atoms with E-state index in [0.717, 1.165) is 6.07 Å². The molecular formula is C17H25F2NO4S. The number of carbonyl (C=O) groups excluding carboxylic acids is 1. The average Bonchev–Trinajstić information content (AvgIpc) is 2.54. The van der Waals surface area contributed by atoms with Crippen molar-refractivity contribution in [1.82, 2.24) is 4.72 Å². The highest BCUT2D eigenvalue weighted by molar-refractivity contribution is 7.84. The molecule has 0 spiro atoms. The highest BCUT2D eigenvalue weighted by Gasteiger charge is 2.50. The van der Waals surface area contributed by atoms with Crippen molar-refractivity contribution in [2.24, 2.45) is 0 Å². The lowest BCUT2D eigenvalue weighted by Gasteiger charge is -2.38. The van der Waals surface area contributed by atoms with Gasteiger partial charge in [-0.15, -0.1) is 0 Å². The highest BCUT2D eigenvalue weighted by atomic mass is 32.2. The van der Waals surface area contributed by atoms with Crippen LogP contribution in [0.2, 0.25) is 0 Å². The molecule has 0 aliphatic rings. The molecule has 25 heavy (non-hydrogen) atoms. The lowest BCUT2D eigenvalue weighted by Crippen LogP contribution is -2.60. The summed E-state index contributed by atoms with van der Waals surface area (Å²) in [5, 5.41) is 0. The molecule has 3 atom stereocenters. The molecule has 5 nitrogen and oxygen atoms in total. The van der Waals surface area contributed by atoms with Gasteiger partial charge in [0, 0.05) is 12.7 Å². The molecule has 0 aliphatic heterocycles. The predicted molar refractivity (Wildman–Crippen MR) is 92.5 cm³/mol. The molecule has 0 amide bonds. The minimum atomic E-state index is -2.00. The van der Waals surface area contributed by atoms with E-state index in [1.807, 2.05) is 0 Å². The van der Waals surface area contributed by atoms with Gasteiger partial charge in [-0.25, -0.2) is 22.5 Å². The summed E-state index contributed by atoms with van der Waals surface area (Å²) in [6, 6.07) is 5.41. The molecule has 0 saturated carbocycles. The summed E-state index contributed by atoms with van der Waals surface area (Å²) >= 11 is 0. The maximum Gasteiger partial charge on any atom is 0.337 e. The standard InChI is InChI=1S/C17H25F2NO4S/c1-6-24-15(21)14(23-5)17(11-18,20-25(22)16(2,3)4)12-9-7-8-10-13(12)19/h7-10,14,20H,6,11H2,1-5H3/t14?,17-,25-/m1/s1. The smallest absolute Gasteiger partial charge is 0.337 e. The SMILES string of the molecule is CCOC(=O)C(OC)[C@](CF)(N[S@](=O)C(C)(C)C)c1ccccc1F. The number of halogens is 2. The zero-order chi connectivity index (χ0) is 19.3. The molecule has 1 aromatic carbocycles. The summed E-state index contributed by atoms with van der Waals surface area (Å²) in [4.78, 5) is 12.3. The third-order valence-corrected chi connectivity index (χ3v) is 5.24. The van der Waals surface area contributed by atoms with E-state index in [-0.39, 0.29) is 12.2 Å². The third-order valence-electron chi connectivity index (χ3n) is 3.58. The molecule has 8 heteroatoms. The molecule has 1 unspecified atom stereocenters. The maximum absolute atomic E-state index is 14.5. The second kappa shape index (κ2) is 8.82. The lowest BCUT2D eigenvalue weighted by atomic mass is 9.86. The number of hydrogen-bond acceptors (Lipinski definition) is 4. The van der Waals surface area contributed by atoms with Gasteiger partial charge in [-0.05, 0) is 33.8 Å². The van der Waals surface area contributed by atoms with Gasteiger partial charge in [-0.3, -0.25) is 0 Å². The molecule has 0 radical (unpaired) electrons. The normalized spacial score (nSPS) is 16.8. The maximum atomic E-state index is 14.5. The molecule has 0 aromatic heterocycles. The molecule has 0 saturated heterocycles. The van der Waals surface area contributed by atoms with Crippen LogP contribution in [-0.2, 0) is 30.8 Å². The molecule has 142 valence electrons. The summed E-state index contributed by atoms with van der Waals surface area (Å²) < 4.78 is 53.3. The van der Waals surface area contributed by atoms with Crippen LogP contribution in [0.25, 0.3) is 0 Å². The summed E-state index contributed by atoms with van der Waals surface area (Å²) in [5.74, 6) is -1.62. The Morgan fingerprint density at radius 3 is 2.36 bits per heavy atom. The first-order valence-corrected chi connectivity index (χ1v) is 8.99. The van der Waals surface area contributed by atoms with Crippen molar-refractivity contribution in [3.8, 4) is 0 Å². The molecule has 1 aromatic rings. The first kappa shape index (κ1) is 21.7. The molecule has 1 N–H and O–H groups in total. The van der Waals surface area contributed by atoms with Gasteiger partial charge in [0.05, 0.1) is 22.3 Å². The lowest BCUT2D eigenvalue weighted by molar-refractivity contribution is -0.161. The van der Waals surface area contributed by atoms with E-state index in [1.165, 1.54) is 25.3 Å². The molecule has 0 aliphatic carbocycles. The second-order valence-corrected chi connectivity index (χ2v) is 8.40. The van der Waals surface area contributed by atoms with Gasteiger partial charge in [0.25, 0.3) is 0 Å². The highest BCUT2D eigenvalue weighted by Crippen LogP contribution is 2.32. The van der Waals surface area contributed by atoms with Gasteiger partial charge in [0.15, 0.2) is 6.10 Å². The van der Waals surface area contributed by atoms with E-state index in [1.54, 1.807) is 27.7 Å². The van der Waals surface area contributed by atoms with Gasteiger partial charge in [0.2, 0.25) is 0 Å². The molecule has 1 rings (SSSR count). The minimum Gasteiger partial charge on any atom is -0.464 e. The van der Waals surface area contributed by atoms with Crippen LogP contribution in [0.4, 0.5) is 8.78 Å². The van der Waals surface area contributed by atoms with Crippen molar-refractivity contribution >= 4 is 17.0 Å². The van der Waals surface area contributed by atoms with Crippen LogP contribution in [0.5, 0.6) is 0 Å². The van der Waals surface area contributed by atoms with Gasteiger partial charge in [-0.1, -0.05) is 18.2 Å². The van der Waals surface area contributed by atoms with Crippen LogP contribution in [0.15, 0.2) is 24.3 Å². The fraction of sp³-hybridized carbons (Fsp3) is 0.588. The molecule has 0 fully saturated rings. The second-order valence-electron chi connectivity index (χ2n) is 6.44. The Balaban J connectivity index is 3.55. The number of esters is 1. The van der Waals surface area contributed by atoms with Crippen LogP contribution in [0.1, 0.15) is 33.3 Å². The zero-order valence-corrected chi connectivity index (χ0v) is 15.9. The third kappa shape index (κ3) is 4.83. The van der Waals surface area contributed by atoms with Gasteiger partial charge >= 0.3 is 5.97 Å². The number of benzene rings is 1. The van der Waals surface area contributed by atoms with E-state index in [2.05, 4.69) is 4.72 Å². The topological polar surface area (TPSA) is 64.6 Å². The molecule has 0 bridgehead atoms. The van der Waals surface area contributed by atoms with Gasteiger partial charge in [0.1, 0.15) is 18.0 Å². The number of alkyl halides is 1. The number of methoxy groups -OCH3 is 1. The monoisotopic (exact) mass is 377 g/mol. The van der Waals surface area contributed by atoms with E-state index in [9.17, 15) is 17.8 Å². The number of ether oxygens (including phenoxy) is 2. The number of nitrogens with one attached hydrogen (secondary N) is 1. The Hall–Kier alpha value is -1.38. The quantitative estimate of drug-likeness (QED) is 0.708. The van der Waals surface area contributed by atoms with Crippen molar-refractivity contribution in [3.05, 3.63) is 35.6 Å². The summed E-state index contributed by atoms with van der Waals surface area (Å²) in [6.07, 6.45) is -1.53. The van der Waals surface area contributed by atoms with E-state index in [4.69, 9.17) is 9.47 Å². The van der Waals surface area contributed by atoms with Crippen LogP contribution in [-0.4, -0.2) is 41.4 Å². The summed E-state index contributed by atoms with van der Waals surface area (Å²) in [7, 11) is -0.613. The van der Waals surface area contributed by atoms with Gasteiger partial charge < -0.3 is 9.47 Å². The molecule has 0 heterocycles. The van der Waals surface area contributed by atoms with Crippen molar-refractivity contribution in [2.75, 3.05) is 20.4 Å². The Kier molecular flexibility index (Phi) is 7.64. The van der Waals surface area contributed by atoms with E-state index >= 15 is 0 Å². The first-order chi connectivity index (χ1) is 11.6. The predicted octanol–water partition coefficient (Wildman–Crippen LogP) is 2.62. The largest absolute Gasteiger partial charge is 0.464 e. The Morgan fingerprint density at radius 1 is 1.32 bits per heavy atom. The zero-order valence-electron chi connectivity index (χ0n) is 15.1. The Bertz CT molecular complexity index is 621. The van der Waals surface area contributed by atoms with Crippen molar-refractivity contribution in [2.45, 2.75) is 44.1 Å². The van der Waals surface area contributed by atoms with Crippen LogP contribution in [0.3, 0.4) is 0 Å².